The summed E-state index contributed by atoms with van der Waals surface area (Å²) < 4.78 is 24.3. The maximum absolute atomic E-state index is 13.2. The molecule has 0 N–H and O–H groups in total. The van der Waals surface area contributed by atoms with Crippen LogP contribution >= 0.6 is 0 Å². The zero-order valence-corrected chi connectivity index (χ0v) is 18.1. The predicted molar refractivity (Wildman–Crippen MR) is 115 cm³/mol. The van der Waals surface area contributed by atoms with Crippen LogP contribution in [0, 0.1) is 5.82 Å². The van der Waals surface area contributed by atoms with Crippen molar-refractivity contribution in [2.75, 3.05) is 26.2 Å². The van der Waals surface area contributed by atoms with Crippen LogP contribution in [0.25, 0.3) is 0 Å². The molecular formula is C24H31FN2O4. The van der Waals surface area contributed by atoms with E-state index in [1.165, 1.54) is 12.1 Å². The van der Waals surface area contributed by atoms with Gasteiger partial charge in [-0.2, -0.15) is 0 Å². The third-order valence-corrected chi connectivity index (χ3v) is 5.46. The van der Waals surface area contributed by atoms with Gasteiger partial charge in [0.1, 0.15) is 11.6 Å². The molecule has 6 nitrogen and oxygen atoms in total. The van der Waals surface area contributed by atoms with Crippen molar-refractivity contribution in [1.29, 1.82) is 0 Å². The predicted octanol–water partition coefficient (Wildman–Crippen LogP) is 3.80. The lowest BCUT2D eigenvalue weighted by Gasteiger charge is -2.29. The van der Waals surface area contributed by atoms with Crippen molar-refractivity contribution in [2.24, 2.45) is 0 Å². The van der Waals surface area contributed by atoms with Gasteiger partial charge in [0.05, 0.1) is 31.9 Å². The molecule has 1 saturated heterocycles. The van der Waals surface area contributed by atoms with Crippen LogP contribution in [0.3, 0.4) is 0 Å². The number of unbranched alkanes of at least 4 members (excludes halogenated alkanes) is 1. The number of benzene rings is 1. The highest BCUT2D eigenvalue weighted by Gasteiger charge is 2.26. The number of furan rings is 1. The van der Waals surface area contributed by atoms with Gasteiger partial charge in [0.25, 0.3) is 0 Å². The van der Waals surface area contributed by atoms with Crippen LogP contribution in [0.1, 0.15) is 43.9 Å². The molecular weight excluding hydrogens is 399 g/mol. The number of rotatable bonds is 11. The molecule has 1 aliphatic heterocycles. The summed E-state index contributed by atoms with van der Waals surface area (Å²) in [5.74, 6) is 0.0972. The van der Waals surface area contributed by atoms with Gasteiger partial charge in [-0.15, -0.1) is 0 Å². The fraction of sp³-hybridized carbons (Fsp3) is 0.500. The zero-order chi connectivity index (χ0) is 22.1. The Labute approximate surface area is 183 Å². The van der Waals surface area contributed by atoms with E-state index in [2.05, 4.69) is 0 Å². The highest BCUT2D eigenvalue weighted by molar-refractivity contribution is 5.86. The fourth-order valence-electron chi connectivity index (χ4n) is 3.67. The number of nitrogens with zero attached hydrogens (tertiary/aromatic N) is 2. The molecule has 0 unspecified atom stereocenters. The van der Waals surface area contributed by atoms with E-state index >= 15 is 0 Å². The smallest absolute Gasteiger partial charge is 0.242 e. The molecule has 31 heavy (non-hydrogen) atoms. The van der Waals surface area contributed by atoms with Gasteiger partial charge in [0.15, 0.2) is 0 Å². The van der Waals surface area contributed by atoms with Gasteiger partial charge < -0.3 is 19.0 Å². The number of carbonyl (C=O) groups excluding carboxylic acids is 2. The number of hydrogen-bond donors (Lipinski definition) is 0. The van der Waals surface area contributed by atoms with E-state index in [0.29, 0.717) is 32.0 Å². The first-order valence-corrected chi connectivity index (χ1v) is 11.0. The van der Waals surface area contributed by atoms with Gasteiger partial charge in [0, 0.05) is 19.7 Å². The lowest BCUT2D eigenvalue weighted by molar-refractivity contribution is -0.141. The molecule has 7 heteroatoms. The Morgan fingerprint density at radius 2 is 1.94 bits per heavy atom. The van der Waals surface area contributed by atoms with Crippen LogP contribution in [0.15, 0.2) is 47.1 Å². The quantitative estimate of drug-likeness (QED) is 0.544. The number of amides is 2. The number of ether oxygens (including phenoxy) is 1. The molecule has 168 valence electrons. The molecule has 2 amide bonds. The molecule has 0 bridgehead atoms. The van der Waals surface area contributed by atoms with Crippen LogP contribution in [-0.4, -0.2) is 54.0 Å². The van der Waals surface area contributed by atoms with Crippen molar-refractivity contribution in [2.45, 2.75) is 51.7 Å². The summed E-state index contributed by atoms with van der Waals surface area (Å²) in [6, 6.07) is 9.53. The number of halogens is 1. The van der Waals surface area contributed by atoms with Crippen LogP contribution in [0.5, 0.6) is 0 Å². The Balaban J connectivity index is 1.67. The summed E-state index contributed by atoms with van der Waals surface area (Å²) in [6.45, 7) is 4.11. The lowest BCUT2D eigenvalue weighted by Crippen LogP contribution is -2.45. The van der Waals surface area contributed by atoms with Crippen molar-refractivity contribution >= 4 is 11.8 Å². The van der Waals surface area contributed by atoms with Crippen LogP contribution in [0.4, 0.5) is 4.39 Å². The minimum atomic E-state index is -0.336. The largest absolute Gasteiger partial charge is 0.467 e. The molecule has 1 fully saturated rings. The minimum Gasteiger partial charge on any atom is -0.467 e. The lowest BCUT2D eigenvalue weighted by atomic mass is 10.1. The second-order valence-corrected chi connectivity index (χ2v) is 7.96. The van der Waals surface area contributed by atoms with Crippen LogP contribution in [0.2, 0.25) is 0 Å². The molecule has 0 saturated carbocycles. The van der Waals surface area contributed by atoms with Crippen LogP contribution < -0.4 is 0 Å². The molecule has 0 radical (unpaired) electrons. The normalized spacial score (nSPS) is 15.7. The van der Waals surface area contributed by atoms with Crippen molar-refractivity contribution in [3.05, 3.63) is 59.8 Å². The van der Waals surface area contributed by atoms with Gasteiger partial charge in [-0.25, -0.2) is 4.39 Å². The highest BCUT2D eigenvalue weighted by atomic mass is 19.1. The van der Waals surface area contributed by atoms with E-state index in [1.54, 1.807) is 34.3 Å². The highest BCUT2D eigenvalue weighted by Crippen LogP contribution is 2.16. The SMILES string of the molecule is CCCCN(CC(=O)N(Cc1ccco1)C[C@H]1CCCO1)C(=O)Cc1ccc(F)cc1. The summed E-state index contributed by atoms with van der Waals surface area (Å²) in [4.78, 5) is 29.5. The Morgan fingerprint density at radius 1 is 1.13 bits per heavy atom. The fourth-order valence-corrected chi connectivity index (χ4v) is 3.67. The zero-order valence-electron chi connectivity index (χ0n) is 18.1. The third kappa shape index (κ3) is 7.21. The second-order valence-electron chi connectivity index (χ2n) is 7.96. The molecule has 0 aliphatic carbocycles. The Kier molecular flexibility index (Phi) is 8.64. The molecule has 0 spiro atoms. The van der Waals surface area contributed by atoms with Gasteiger partial charge in [0.2, 0.25) is 11.8 Å². The van der Waals surface area contributed by atoms with E-state index < -0.39 is 0 Å². The Morgan fingerprint density at radius 3 is 2.58 bits per heavy atom. The van der Waals surface area contributed by atoms with Gasteiger partial charge in [-0.3, -0.25) is 9.59 Å². The second kappa shape index (κ2) is 11.6. The first kappa shape index (κ1) is 23.0. The van der Waals surface area contributed by atoms with E-state index in [4.69, 9.17) is 9.15 Å². The average molecular weight is 431 g/mol. The Bertz CT molecular complexity index is 817. The standard InChI is InChI=1S/C24H31FN2O4/c1-2-3-12-26(23(28)15-19-8-10-20(25)11-9-19)18-24(29)27(16-21-6-4-13-30-21)17-22-7-5-14-31-22/h4,6,8-11,13,22H,2-3,5,7,12,14-18H2,1H3/t22-/m1/s1. The van der Waals surface area contributed by atoms with Gasteiger partial charge >= 0.3 is 0 Å². The summed E-state index contributed by atoms with van der Waals surface area (Å²) in [5, 5.41) is 0. The van der Waals surface area contributed by atoms with Crippen molar-refractivity contribution in [1.82, 2.24) is 9.80 Å². The molecule has 3 rings (SSSR count). The summed E-state index contributed by atoms with van der Waals surface area (Å²) in [5.41, 5.74) is 0.729. The number of carbonyl (C=O) groups is 2. The summed E-state index contributed by atoms with van der Waals surface area (Å²) >= 11 is 0. The number of hydrogen-bond acceptors (Lipinski definition) is 4. The molecule has 1 aromatic carbocycles. The summed E-state index contributed by atoms with van der Waals surface area (Å²) in [7, 11) is 0. The maximum Gasteiger partial charge on any atom is 0.242 e. The van der Waals surface area contributed by atoms with Gasteiger partial charge in [-0.1, -0.05) is 25.5 Å². The first-order valence-electron chi connectivity index (χ1n) is 11.0. The Hall–Kier alpha value is -2.67. The van der Waals surface area contributed by atoms with E-state index in [-0.39, 0.29) is 36.7 Å². The maximum atomic E-state index is 13.2. The first-order chi connectivity index (χ1) is 15.0. The van der Waals surface area contributed by atoms with Gasteiger partial charge in [-0.05, 0) is 49.1 Å². The monoisotopic (exact) mass is 430 g/mol. The molecule has 1 aliphatic rings. The molecule has 2 heterocycles. The molecule has 2 aromatic rings. The van der Waals surface area contributed by atoms with Crippen molar-refractivity contribution < 1.29 is 23.1 Å². The topological polar surface area (TPSA) is 63.0 Å². The third-order valence-electron chi connectivity index (χ3n) is 5.46. The van der Waals surface area contributed by atoms with E-state index in [0.717, 1.165) is 31.2 Å². The summed E-state index contributed by atoms with van der Waals surface area (Å²) in [6.07, 6.45) is 5.38. The van der Waals surface area contributed by atoms with E-state index in [9.17, 15) is 14.0 Å². The molecule has 1 atom stereocenters. The van der Waals surface area contributed by atoms with Crippen molar-refractivity contribution in [3.63, 3.8) is 0 Å². The molecule has 1 aromatic heterocycles. The van der Waals surface area contributed by atoms with Crippen molar-refractivity contribution in [3.8, 4) is 0 Å². The van der Waals surface area contributed by atoms with E-state index in [1.807, 2.05) is 13.0 Å². The average Bonchev–Trinajstić information content (AvgIpc) is 3.46. The van der Waals surface area contributed by atoms with Crippen LogP contribution in [-0.2, 0) is 27.3 Å². The minimum absolute atomic E-state index is 0.00740.